The van der Waals surface area contributed by atoms with E-state index in [1.54, 1.807) is 31.3 Å². The second-order valence-electron chi connectivity index (χ2n) is 3.81. The van der Waals surface area contributed by atoms with Crippen molar-refractivity contribution in [3.63, 3.8) is 0 Å². The highest BCUT2D eigenvalue weighted by atomic mass is 16.3. The zero-order valence-electron chi connectivity index (χ0n) is 8.42. The highest BCUT2D eigenvalue weighted by molar-refractivity contribution is 5.79. The average Bonchev–Trinajstić information content (AvgIpc) is 2.44. The van der Waals surface area contributed by atoms with Gasteiger partial charge in [-0.1, -0.05) is 12.1 Å². The van der Waals surface area contributed by atoms with Crippen LogP contribution in [-0.4, -0.2) is 34.2 Å². The minimum atomic E-state index is -0.660. The molecular weight excluding hydrogens is 194 g/mol. The van der Waals surface area contributed by atoms with Gasteiger partial charge in [0.2, 0.25) is 5.91 Å². The van der Waals surface area contributed by atoms with Crippen LogP contribution in [0.3, 0.4) is 0 Å². The van der Waals surface area contributed by atoms with Crippen molar-refractivity contribution in [2.75, 3.05) is 7.05 Å². The molecule has 1 heterocycles. The maximum absolute atomic E-state index is 11.4. The van der Waals surface area contributed by atoms with Crippen molar-refractivity contribution in [1.82, 2.24) is 4.90 Å². The number of amides is 1. The van der Waals surface area contributed by atoms with E-state index >= 15 is 0 Å². The monoisotopic (exact) mass is 207 g/mol. The molecule has 4 nitrogen and oxygen atoms in total. The number of hydrogen-bond donors (Lipinski definition) is 2. The van der Waals surface area contributed by atoms with Gasteiger partial charge >= 0.3 is 0 Å². The number of aromatic hydroxyl groups is 1. The topological polar surface area (TPSA) is 60.8 Å². The summed E-state index contributed by atoms with van der Waals surface area (Å²) in [5.74, 6) is 0.126. The van der Waals surface area contributed by atoms with Gasteiger partial charge in [0.25, 0.3) is 0 Å². The summed E-state index contributed by atoms with van der Waals surface area (Å²) in [5, 5.41) is 18.9. The van der Waals surface area contributed by atoms with Gasteiger partial charge in [0.1, 0.15) is 5.75 Å². The molecule has 0 aromatic heterocycles. The van der Waals surface area contributed by atoms with Gasteiger partial charge < -0.3 is 15.1 Å². The van der Waals surface area contributed by atoms with Crippen molar-refractivity contribution >= 4 is 5.91 Å². The zero-order chi connectivity index (χ0) is 11.0. The molecule has 80 valence electrons. The van der Waals surface area contributed by atoms with Crippen LogP contribution >= 0.6 is 0 Å². The average molecular weight is 207 g/mol. The van der Waals surface area contributed by atoms with Crippen LogP contribution in [0.1, 0.15) is 18.0 Å². The first-order valence-corrected chi connectivity index (χ1v) is 4.82. The third-order valence-corrected chi connectivity index (χ3v) is 2.79. The summed E-state index contributed by atoms with van der Waals surface area (Å²) in [5.41, 5.74) is 0.841. The lowest BCUT2D eigenvalue weighted by molar-refractivity contribution is -0.127. The first-order valence-electron chi connectivity index (χ1n) is 4.82. The van der Waals surface area contributed by atoms with E-state index in [0.29, 0.717) is 0 Å². The number of nitrogens with zero attached hydrogens (tertiary/aromatic N) is 1. The second-order valence-corrected chi connectivity index (χ2v) is 3.81. The highest BCUT2D eigenvalue weighted by Gasteiger charge is 2.37. The predicted octanol–water partition coefficient (Wildman–Crippen LogP) is 0.656. The number of hydrogen-bond acceptors (Lipinski definition) is 3. The molecule has 2 N–H and O–H groups in total. The van der Waals surface area contributed by atoms with E-state index in [1.807, 2.05) is 0 Å². The smallest absolute Gasteiger partial charge is 0.225 e. The summed E-state index contributed by atoms with van der Waals surface area (Å²) in [6.07, 6.45) is -0.491. The maximum Gasteiger partial charge on any atom is 0.225 e. The molecule has 2 rings (SSSR count). The Labute approximate surface area is 87.8 Å². The van der Waals surface area contributed by atoms with Gasteiger partial charge in [-0.2, -0.15) is 0 Å². The van der Waals surface area contributed by atoms with Crippen LogP contribution in [-0.2, 0) is 4.79 Å². The van der Waals surface area contributed by atoms with Crippen LogP contribution < -0.4 is 0 Å². The molecule has 0 bridgehead atoms. The molecule has 1 saturated heterocycles. The zero-order valence-corrected chi connectivity index (χ0v) is 8.42. The van der Waals surface area contributed by atoms with Crippen LogP contribution in [0.25, 0.3) is 0 Å². The van der Waals surface area contributed by atoms with E-state index in [1.165, 1.54) is 4.90 Å². The van der Waals surface area contributed by atoms with Crippen molar-refractivity contribution in [1.29, 1.82) is 0 Å². The Morgan fingerprint density at radius 1 is 1.33 bits per heavy atom. The number of benzene rings is 1. The maximum atomic E-state index is 11.4. The fourth-order valence-electron chi connectivity index (χ4n) is 1.97. The lowest BCUT2D eigenvalue weighted by Crippen LogP contribution is -2.25. The fraction of sp³-hybridized carbons (Fsp3) is 0.364. The van der Waals surface area contributed by atoms with Crippen molar-refractivity contribution in [2.24, 2.45) is 0 Å². The first kappa shape index (κ1) is 9.98. The summed E-state index contributed by atoms with van der Waals surface area (Å²) in [6.45, 7) is 0. The number of phenolic OH excluding ortho intramolecular Hbond substituents is 1. The van der Waals surface area contributed by atoms with Gasteiger partial charge in [0.15, 0.2) is 0 Å². The molecule has 1 aliphatic rings. The number of likely N-dealkylation sites (tertiary alicyclic amines) is 1. The van der Waals surface area contributed by atoms with E-state index in [-0.39, 0.29) is 24.1 Å². The molecule has 1 aliphatic heterocycles. The minimum absolute atomic E-state index is 0.0550. The Balaban J connectivity index is 2.30. The van der Waals surface area contributed by atoms with E-state index in [2.05, 4.69) is 0 Å². The van der Waals surface area contributed by atoms with Crippen molar-refractivity contribution in [3.05, 3.63) is 29.8 Å². The highest BCUT2D eigenvalue weighted by Crippen LogP contribution is 2.32. The summed E-state index contributed by atoms with van der Waals surface area (Å²) in [6, 6.07) is 6.26. The van der Waals surface area contributed by atoms with Crippen LogP contribution in [0.5, 0.6) is 5.75 Å². The molecule has 2 unspecified atom stereocenters. The number of carbonyl (C=O) groups is 1. The standard InChI is InChI=1S/C11H13NO3/c1-12-10(15)6-9(14)11(12)7-2-4-8(13)5-3-7/h2-5,9,11,13-14H,6H2,1H3. The van der Waals surface area contributed by atoms with Crippen LogP contribution in [0.15, 0.2) is 24.3 Å². The van der Waals surface area contributed by atoms with Gasteiger partial charge in [-0.3, -0.25) is 4.79 Å². The number of likely N-dealkylation sites (N-methyl/N-ethyl adjacent to an activating group) is 1. The Morgan fingerprint density at radius 3 is 2.40 bits per heavy atom. The number of rotatable bonds is 1. The van der Waals surface area contributed by atoms with Crippen molar-refractivity contribution in [2.45, 2.75) is 18.6 Å². The number of carbonyl (C=O) groups excluding carboxylic acids is 1. The predicted molar refractivity (Wildman–Crippen MR) is 54.2 cm³/mol. The Hall–Kier alpha value is -1.55. The molecule has 1 aromatic carbocycles. The van der Waals surface area contributed by atoms with E-state index in [4.69, 9.17) is 5.11 Å². The summed E-state index contributed by atoms with van der Waals surface area (Å²) in [7, 11) is 1.68. The largest absolute Gasteiger partial charge is 0.508 e. The number of phenols is 1. The molecule has 4 heteroatoms. The Morgan fingerprint density at radius 2 is 1.93 bits per heavy atom. The fourth-order valence-corrected chi connectivity index (χ4v) is 1.97. The molecule has 0 spiro atoms. The van der Waals surface area contributed by atoms with Gasteiger partial charge in [-0.15, -0.1) is 0 Å². The molecule has 1 aromatic rings. The van der Waals surface area contributed by atoms with E-state index in [9.17, 15) is 9.90 Å². The summed E-state index contributed by atoms with van der Waals surface area (Å²) >= 11 is 0. The number of aliphatic hydroxyl groups is 1. The molecule has 0 saturated carbocycles. The lowest BCUT2D eigenvalue weighted by Gasteiger charge is -2.22. The van der Waals surface area contributed by atoms with Gasteiger partial charge in [0, 0.05) is 7.05 Å². The van der Waals surface area contributed by atoms with Crippen molar-refractivity contribution < 1.29 is 15.0 Å². The number of aliphatic hydroxyl groups excluding tert-OH is 1. The summed E-state index contributed by atoms with van der Waals surface area (Å²) in [4.78, 5) is 12.9. The molecule has 2 atom stereocenters. The lowest BCUT2D eigenvalue weighted by atomic mass is 10.0. The normalized spacial score (nSPS) is 26.0. The van der Waals surface area contributed by atoms with Gasteiger partial charge in [-0.05, 0) is 17.7 Å². The van der Waals surface area contributed by atoms with Gasteiger partial charge in [-0.25, -0.2) is 0 Å². The van der Waals surface area contributed by atoms with E-state index in [0.717, 1.165) is 5.56 Å². The second kappa shape index (κ2) is 3.55. The Bertz CT molecular complexity index is 374. The van der Waals surface area contributed by atoms with E-state index < -0.39 is 6.10 Å². The molecule has 1 fully saturated rings. The van der Waals surface area contributed by atoms with Crippen molar-refractivity contribution in [3.8, 4) is 5.75 Å². The van der Waals surface area contributed by atoms with Gasteiger partial charge in [0.05, 0.1) is 18.6 Å². The third kappa shape index (κ3) is 1.68. The quantitative estimate of drug-likeness (QED) is 0.711. The molecule has 15 heavy (non-hydrogen) atoms. The Kier molecular flexibility index (Phi) is 2.36. The summed E-state index contributed by atoms with van der Waals surface area (Å²) < 4.78 is 0. The van der Waals surface area contributed by atoms with Crippen LogP contribution in [0.4, 0.5) is 0 Å². The first-order chi connectivity index (χ1) is 7.09. The van der Waals surface area contributed by atoms with Crippen LogP contribution in [0, 0.1) is 0 Å². The van der Waals surface area contributed by atoms with Crippen LogP contribution in [0.2, 0.25) is 0 Å². The molecule has 1 amide bonds. The molecule has 0 aliphatic carbocycles. The minimum Gasteiger partial charge on any atom is -0.508 e. The molecular formula is C11H13NO3. The SMILES string of the molecule is CN1C(=O)CC(O)C1c1ccc(O)cc1. The molecule has 0 radical (unpaired) electrons. The third-order valence-electron chi connectivity index (χ3n) is 2.79.